The summed E-state index contributed by atoms with van der Waals surface area (Å²) in [7, 11) is 0. The van der Waals surface area contributed by atoms with E-state index in [9.17, 15) is 0 Å². The predicted octanol–water partition coefficient (Wildman–Crippen LogP) is 11.9. The van der Waals surface area contributed by atoms with E-state index in [1.807, 2.05) is 12.1 Å². The monoisotopic (exact) mass is 644 g/mol. The molecule has 6 nitrogen and oxygen atoms in total. The molecule has 0 atom stereocenters. The standard InChI is InChI=1S/C44H28N4O2/c1-2-11-32-27(8-1)16-19-34-33-12-3-4-15-39(33)48(42(32)34)29-10-5-9-28(24-29)47(30-17-20-40-37(25-30)35-13-6-22-45-43(35)49-40)31-18-21-41-38(26-31)36-14-7-23-46-44(36)50-41/h1-22,24-26,46H,23H2. The van der Waals surface area contributed by atoms with Crippen molar-refractivity contribution in [3.05, 3.63) is 151 Å². The van der Waals surface area contributed by atoms with Crippen LogP contribution in [0.5, 0.6) is 0 Å². The summed E-state index contributed by atoms with van der Waals surface area (Å²) in [6.45, 7) is 0.754. The second-order valence-electron chi connectivity index (χ2n) is 12.8. The van der Waals surface area contributed by atoms with E-state index in [0.29, 0.717) is 5.71 Å². The Balaban J connectivity index is 1.17. The van der Waals surface area contributed by atoms with Crippen LogP contribution in [0.25, 0.3) is 77.4 Å². The van der Waals surface area contributed by atoms with Crippen LogP contribution in [-0.4, -0.2) is 16.1 Å². The second kappa shape index (κ2) is 10.4. The van der Waals surface area contributed by atoms with Gasteiger partial charge in [0, 0.05) is 73.4 Å². The Morgan fingerprint density at radius 3 is 2.30 bits per heavy atom. The normalized spacial score (nSPS) is 12.8. The zero-order chi connectivity index (χ0) is 32.8. The molecule has 1 N–H and O–H groups in total. The van der Waals surface area contributed by atoms with E-state index >= 15 is 0 Å². The first-order valence-electron chi connectivity index (χ1n) is 16.8. The molecule has 4 aromatic heterocycles. The van der Waals surface area contributed by atoms with E-state index in [0.717, 1.165) is 68.1 Å². The van der Waals surface area contributed by atoms with Crippen LogP contribution < -0.4 is 10.2 Å². The largest absolute Gasteiger partial charge is 0.440 e. The van der Waals surface area contributed by atoms with Gasteiger partial charge in [0.05, 0.1) is 11.0 Å². The van der Waals surface area contributed by atoms with Crippen molar-refractivity contribution >= 4 is 94.6 Å². The topological polar surface area (TPSA) is 59.4 Å². The number of hydrogen-bond acceptors (Lipinski definition) is 5. The maximum absolute atomic E-state index is 6.21. The summed E-state index contributed by atoms with van der Waals surface area (Å²) < 4.78 is 14.8. The average Bonchev–Trinajstić information content (AvgIpc) is 3.84. The van der Waals surface area contributed by atoms with Crippen LogP contribution in [0.15, 0.2) is 155 Å². The molecular formula is C44H28N4O2. The smallest absolute Gasteiger partial charge is 0.227 e. The molecule has 5 heterocycles. The molecular weight excluding hydrogens is 617 g/mol. The summed E-state index contributed by atoms with van der Waals surface area (Å²) in [6, 6.07) is 47.5. The van der Waals surface area contributed by atoms with Gasteiger partial charge in [0.15, 0.2) is 0 Å². The fourth-order valence-corrected chi connectivity index (χ4v) is 7.82. The van der Waals surface area contributed by atoms with Gasteiger partial charge in [-0.15, -0.1) is 0 Å². The van der Waals surface area contributed by atoms with Crippen LogP contribution in [0.4, 0.5) is 22.9 Å². The van der Waals surface area contributed by atoms with Crippen LogP contribution in [0.3, 0.4) is 0 Å². The van der Waals surface area contributed by atoms with Gasteiger partial charge in [-0.25, -0.2) is 4.98 Å². The highest BCUT2D eigenvalue weighted by atomic mass is 16.4. The third-order valence-corrected chi connectivity index (χ3v) is 10.0. The first-order chi connectivity index (χ1) is 24.8. The maximum atomic E-state index is 6.21. The zero-order valence-corrected chi connectivity index (χ0v) is 26.8. The van der Waals surface area contributed by atoms with Crippen LogP contribution in [0, 0.1) is 0 Å². The van der Waals surface area contributed by atoms with Gasteiger partial charge in [0.2, 0.25) is 11.6 Å². The van der Waals surface area contributed by atoms with E-state index in [1.165, 1.54) is 32.6 Å². The maximum Gasteiger partial charge on any atom is 0.227 e. The molecule has 0 spiro atoms. The Morgan fingerprint density at radius 1 is 0.600 bits per heavy atom. The van der Waals surface area contributed by atoms with E-state index in [1.54, 1.807) is 6.20 Å². The van der Waals surface area contributed by atoms with Crippen LogP contribution in [0.2, 0.25) is 0 Å². The molecule has 50 heavy (non-hydrogen) atoms. The number of nitrogens with one attached hydrogen (secondary N) is 1. The zero-order valence-electron chi connectivity index (χ0n) is 26.8. The fourth-order valence-electron chi connectivity index (χ4n) is 7.82. The van der Waals surface area contributed by atoms with Crippen molar-refractivity contribution in [2.45, 2.75) is 0 Å². The fraction of sp³-hybridized carbons (Fsp3) is 0.0227. The molecule has 0 saturated carbocycles. The van der Waals surface area contributed by atoms with Crippen molar-refractivity contribution in [2.24, 2.45) is 0 Å². The van der Waals surface area contributed by atoms with Crippen molar-refractivity contribution in [3.8, 4) is 5.69 Å². The van der Waals surface area contributed by atoms with Crippen molar-refractivity contribution in [1.82, 2.24) is 9.55 Å². The van der Waals surface area contributed by atoms with Gasteiger partial charge in [-0.3, -0.25) is 0 Å². The molecule has 0 radical (unpaired) electrons. The number of rotatable bonds is 4. The quantitative estimate of drug-likeness (QED) is 0.207. The first-order valence-corrected chi connectivity index (χ1v) is 16.8. The highest BCUT2D eigenvalue weighted by molar-refractivity contribution is 6.18. The molecule has 6 heteroatoms. The number of para-hydroxylation sites is 1. The Hall–Kier alpha value is -6.79. The lowest BCUT2D eigenvalue weighted by Crippen LogP contribution is -2.10. The number of nitrogens with zero attached hydrogens (tertiary/aromatic N) is 3. The molecule has 11 rings (SSSR count). The molecule has 0 aliphatic carbocycles. The molecule has 236 valence electrons. The highest BCUT2D eigenvalue weighted by Gasteiger charge is 2.21. The molecule has 0 saturated heterocycles. The SMILES string of the molecule is C1=Cc2c(oc3ccc(N(c4cccc(-n5c6ccccc6c6ccc7ccccc7c65)c4)c4ccc5oc6ncccc6c5c4)cc23)NC1. The van der Waals surface area contributed by atoms with Crippen molar-refractivity contribution in [2.75, 3.05) is 16.8 Å². The van der Waals surface area contributed by atoms with Gasteiger partial charge >= 0.3 is 0 Å². The number of hydrogen-bond donors (Lipinski definition) is 1. The Bertz CT molecular complexity index is 3020. The summed E-state index contributed by atoms with van der Waals surface area (Å²) in [4.78, 5) is 6.81. The van der Waals surface area contributed by atoms with Gasteiger partial charge in [-0.1, -0.05) is 72.8 Å². The molecule has 0 unspecified atom stereocenters. The number of fused-ring (bicyclic) bond motifs is 11. The minimum Gasteiger partial charge on any atom is -0.440 e. The Labute approximate surface area is 286 Å². The predicted molar refractivity (Wildman–Crippen MR) is 205 cm³/mol. The number of furan rings is 2. The van der Waals surface area contributed by atoms with Crippen LogP contribution >= 0.6 is 0 Å². The lowest BCUT2D eigenvalue weighted by atomic mass is 10.1. The third-order valence-electron chi connectivity index (χ3n) is 10.0. The second-order valence-corrected chi connectivity index (χ2v) is 12.8. The molecule has 6 aromatic carbocycles. The van der Waals surface area contributed by atoms with Crippen LogP contribution in [0.1, 0.15) is 5.56 Å². The van der Waals surface area contributed by atoms with Crippen molar-refractivity contribution in [3.63, 3.8) is 0 Å². The summed E-state index contributed by atoms with van der Waals surface area (Å²) >= 11 is 0. The molecule has 1 aliphatic heterocycles. The minimum absolute atomic E-state index is 0.637. The van der Waals surface area contributed by atoms with Gasteiger partial charge in [-0.2, -0.15) is 0 Å². The Morgan fingerprint density at radius 2 is 1.38 bits per heavy atom. The van der Waals surface area contributed by atoms with Gasteiger partial charge in [-0.05, 0) is 78.2 Å². The third kappa shape index (κ3) is 3.93. The molecule has 0 bridgehead atoms. The average molecular weight is 645 g/mol. The molecule has 1 aliphatic rings. The van der Waals surface area contributed by atoms with E-state index in [-0.39, 0.29) is 0 Å². The summed E-state index contributed by atoms with van der Waals surface area (Å²) in [5.74, 6) is 0.811. The highest BCUT2D eigenvalue weighted by Crippen LogP contribution is 2.43. The van der Waals surface area contributed by atoms with Crippen molar-refractivity contribution < 1.29 is 8.83 Å². The molecule has 0 amide bonds. The van der Waals surface area contributed by atoms with Gasteiger partial charge < -0.3 is 23.6 Å². The van der Waals surface area contributed by atoms with E-state index in [4.69, 9.17) is 8.83 Å². The lowest BCUT2D eigenvalue weighted by Gasteiger charge is -2.26. The molecule has 10 aromatic rings. The molecule has 0 fully saturated rings. The van der Waals surface area contributed by atoms with E-state index in [2.05, 4.69) is 153 Å². The summed E-state index contributed by atoms with van der Waals surface area (Å²) in [6.07, 6.45) is 6.05. The minimum atomic E-state index is 0.637. The van der Waals surface area contributed by atoms with Crippen LogP contribution in [-0.2, 0) is 0 Å². The number of anilines is 4. The summed E-state index contributed by atoms with van der Waals surface area (Å²) in [5.41, 5.74) is 9.90. The number of benzene rings is 6. The van der Waals surface area contributed by atoms with E-state index < -0.39 is 0 Å². The van der Waals surface area contributed by atoms with Gasteiger partial charge in [0.25, 0.3) is 0 Å². The number of aromatic nitrogens is 2. The van der Waals surface area contributed by atoms with Crippen molar-refractivity contribution in [1.29, 1.82) is 0 Å². The number of pyridine rings is 1. The van der Waals surface area contributed by atoms with Gasteiger partial charge in [0.1, 0.15) is 11.2 Å². The Kier molecular flexibility index (Phi) is 5.63. The first kappa shape index (κ1) is 27.2. The lowest BCUT2D eigenvalue weighted by molar-refractivity contribution is 0.628. The summed E-state index contributed by atoms with van der Waals surface area (Å²) in [5, 5.41) is 11.4.